The molecule has 0 amide bonds. The molecule has 2 rings (SSSR count). The summed E-state index contributed by atoms with van der Waals surface area (Å²) < 4.78 is 89.1. The highest BCUT2D eigenvalue weighted by Gasteiger charge is 2.35. The molecule has 2 aromatic carbocycles. The molecule has 0 aliphatic carbocycles. The van der Waals surface area contributed by atoms with Crippen molar-refractivity contribution in [2.24, 2.45) is 0 Å². The fourth-order valence-corrected chi connectivity index (χ4v) is 2.48. The maximum atomic E-state index is 13.0. The molecule has 30 heavy (non-hydrogen) atoms. The van der Waals surface area contributed by atoms with Crippen LogP contribution in [0.25, 0.3) is 0 Å². The lowest BCUT2D eigenvalue weighted by Gasteiger charge is -2.24. The Labute approximate surface area is 167 Å². The summed E-state index contributed by atoms with van der Waals surface area (Å²) in [6, 6.07) is 8.54. The van der Waals surface area contributed by atoms with E-state index in [-0.39, 0.29) is 11.5 Å². The smallest absolute Gasteiger partial charge is 0.417 e. The molecule has 2 atom stereocenters. The molecule has 0 unspecified atom stereocenters. The summed E-state index contributed by atoms with van der Waals surface area (Å²) >= 11 is 0. The molecule has 0 radical (unpaired) electrons. The topological polar surface area (TPSA) is 66.0 Å². The Kier molecular flexibility index (Phi) is 6.51. The van der Waals surface area contributed by atoms with Gasteiger partial charge in [0.2, 0.25) is 0 Å². The van der Waals surface area contributed by atoms with Crippen LogP contribution in [0, 0.1) is 22.7 Å². The Morgan fingerprint density at radius 1 is 0.700 bits per heavy atom. The first-order valence-electron chi connectivity index (χ1n) is 8.42. The fraction of sp³-hybridized carbons (Fsp3) is 0.300. The number of alkyl halides is 6. The van der Waals surface area contributed by atoms with E-state index in [9.17, 15) is 26.3 Å². The third-order valence-corrected chi connectivity index (χ3v) is 4.14. The van der Waals surface area contributed by atoms with Gasteiger partial charge in [-0.1, -0.05) is 0 Å². The SMILES string of the molecule is C[C@H](Oc1ccc(C#N)c(C(F)(F)F)c1)[C@H](C)Oc1ccc(C#N)c(C(F)(F)F)c1. The van der Waals surface area contributed by atoms with Crippen LogP contribution < -0.4 is 9.47 Å². The standard InChI is InChI=1S/C20H14F6N2O2/c1-11(29-15-5-3-13(9-27)17(7-15)19(21,22)23)12(2)30-16-6-4-14(10-28)18(8-16)20(24,25)26/h3-8,11-12H,1-2H3/t11-,12-/m0/s1. The summed E-state index contributed by atoms with van der Waals surface area (Å²) in [4.78, 5) is 0. The van der Waals surface area contributed by atoms with Gasteiger partial charge in [-0.25, -0.2) is 0 Å². The lowest BCUT2D eigenvalue weighted by atomic mass is 10.1. The summed E-state index contributed by atoms with van der Waals surface area (Å²) in [5.74, 6) is -0.361. The molecule has 0 spiro atoms. The maximum absolute atomic E-state index is 13.0. The molecule has 0 heterocycles. The van der Waals surface area contributed by atoms with Crippen LogP contribution in [0.15, 0.2) is 36.4 Å². The second-order valence-electron chi connectivity index (χ2n) is 6.28. The Bertz CT molecular complexity index is 921. The Morgan fingerprint density at radius 2 is 1.03 bits per heavy atom. The number of ether oxygens (including phenoxy) is 2. The van der Waals surface area contributed by atoms with Crippen LogP contribution >= 0.6 is 0 Å². The molecular formula is C20H14F6N2O2. The van der Waals surface area contributed by atoms with E-state index in [1.54, 1.807) is 0 Å². The van der Waals surface area contributed by atoms with Crippen molar-refractivity contribution in [3.63, 3.8) is 0 Å². The highest BCUT2D eigenvalue weighted by molar-refractivity contribution is 5.45. The zero-order valence-corrected chi connectivity index (χ0v) is 15.6. The second kappa shape index (κ2) is 8.54. The molecular weight excluding hydrogens is 414 g/mol. The van der Waals surface area contributed by atoms with E-state index in [0.29, 0.717) is 12.1 Å². The van der Waals surface area contributed by atoms with Crippen LogP contribution in [-0.4, -0.2) is 12.2 Å². The molecule has 4 nitrogen and oxygen atoms in total. The van der Waals surface area contributed by atoms with Gasteiger partial charge < -0.3 is 9.47 Å². The lowest BCUT2D eigenvalue weighted by Crippen LogP contribution is -2.31. The highest BCUT2D eigenvalue weighted by atomic mass is 19.4. The van der Waals surface area contributed by atoms with E-state index in [1.165, 1.54) is 38.1 Å². The number of rotatable bonds is 5. The van der Waals surface area contributed by atoms with Gasteiger partial charge in [0.15, 0.2) is 0 Å². The van der Waals surface area contributed by atoms with Crippen molar-refractivity contribution in [1.82, 2.24) is 0 Å². The largest absolute Gasteiger partial charge is 0.487 e. The minimum absolute atomic E-state index is 0.180. The first-order chi connectivity index (χ1) is 13.9. The van der Waals surface area contributed by atoms with Crippen molar-refractivity contribution < 1.29 is 35.8 Å². The summed E-state index contributed by atoms with van der Waals surface area (Å²) in [6.45, 7) is 2.93. The Hall–Kier alpha value is -3.40. The van der Waals surface area contributed by atoms with Gasteiger partial charge in [-0.15, -0.1) is 0 Å². The van der Waals surface area contributed by atoms with Gasteiger partial charge in [0.05, 0.1) is 34.4 Å². The number of benzene rings is 2. The first-order valence-corrected chi connectivity index (χ1v) is 8.42. The molecule has 0 bridgehead atoms. The van der Waals surface area contributed by atoms with Crippen molar-refractivity contribution in [2.45, 2.75) is 38.4 Å². The van der Waals surface area contributed by atoms with E-state index >= 15 is 0 Å². The minimum atomic E-state index is -4.76. The summed E-state index contributed by atoms with van der Waals surface area (Å²) in [6.07, 6.45) is -11.2. The van der Waals surface area contributed by atoms with Gasteiger partial charge in [-0.2, -0.15) is 36.9 Å². The van der Waals surface area contributed by atoms with Crippen LogP contribution in [-0.2, 0) is 12.4 Å². The van der Waals surface area contributed by atoms with E-state index in [0.717, 1.165) is 12.1 Å². The monoisotopic (exact) mass is 428 g/mol. The fourth-order valence-electron chi connectivity index (χ4n) is 2.48. The molecule has 158 valence electrons. The number of halogens is 6. The van der Waals surface area contributed by atoms with Crippen molar-refractivity contribution >= 4 is 0 Å². The van der Waals surface area contributed by atoms with Gasteiger partial charge in [0.25, 0.3) is 0 Å². The molecule has 0 fully saturated rings. The molecule has 0 aliphatic heterocycles. The van der Waals surface area contributed by atoms with Crippen LogP contribution in [0.4, 0.5) is 26.3 Å². The zero-order valence-electron chi connectivity index (χ0n) is 15.6. The number of nitriles is 2. The van der Waals surface area contributed by atoms with Gasteiger partial charge in [-0.3, -0.25) is 0 Å². The van der Waals surface area contributed by atoms with Gasteiger partial charge in [0, 0.05) is 0 Å². The minimum Gasteiger partial charge on any atom is -0.487 e. The van der Waals surface area contributed by atoms with Crippen molar-refractivity contribution in [2.75, 3.05) is 0 Å². The molecule has 0 aliphatic rings. The second-order valence-corrected chi connectivity index (χ2v) is 6.28. The highest BCUT2D eigenvalue weighted by Crippen LogP contribution is 2.36. The Morgan fingerprint density at radius 3 is 1.30 bits per heavy atom. The lowest BCUT2D eigenvalue weighted by molar-refractivity contribution is -0.138. The average Bonchev–Trinajstić information content (AvgIpc) is 2.66. The number of hydrogen-bond acceptors (Lipinski definition) is 4. The van der Waals surface area contributed by atoms with E-state index in [1.807, 2.05) is 0 Å². The predicted octanol–water partition coefficient (Wildman–Crippen LogP) is 5.70. The Balaban J connectivity index is 2.19. The van der Waals surface area contributed by atoms with Crippen LogP contribution in [0.2, 0.25) is 0 Å². The summed E-state index contributed by atoms with van der Waals surface area (Å²) in [5.41, 5.74) is -3.46. The average molecular weight is 428 g/mol. The third-order valence-electron chi connectivity index (χ3n) is 4.14. The molecule has 0 N–H and O–H groups in total. The van der Waals surface area contributed by atoms with E-state index < -0.39 is 46.8 Å². The quantitative estimate of drug-likeness (QED) is 0.573. The van der Waals surface area contributed by atoms with Gasteiger partial charge in [-0.05, 0) is 50.2 Å². The van der Waals surface area contributed by atoms with Crippen LogP contribution in [0.5, 0.6) is 11.5 Å². The van der Waals surface area contributed by atoms with Crippen molar-refractivity contribution in [3.05, 3.63) is 58.7 Å². The van der Waals surface area contributed by atoms with Gasteiger partial charge in [0.1, 0.15) is 23.7 Å². The van der Waals surface area contributed by atoms with Crippen LogP contribution in [0.1, 0.15) is 36.1 Å². The molecule has 10 heteroatoms. The number of nitrogens with zero attached hydrogens (tertiary/aromatic N) is 2. The first kappa shape index (κ1) is 22.9. The van der Waals surface area contributed by atoms with Gasteiger partial charge >= 0.3 is 12.4 Å². The van der Waals surface area contributed by atoms with E-state index in [2.05, 4.69) is 0 Å². The molecule has 2 aromatic rings. The summed E-state index contributed by atoms with van der Waals surface area (Å²) in [5, 5.41) is 17.6. The maximum Gasteiger partial charge on any atom is 0.417 e. The van der Waals surface area contributed by atoms with Crippen LogP contribution in [0.3, 0.4) is 0 Å². The molecule has 0 aromatic heterocycles. The van der Waals surface area contributed by atoms with Crippen molar-refractivity contribution in [3.8, 4) is 23.6 Å². The zero-order chi connectivity index (χ0) is 22.7. The molecule has 0 saturated heterocycles. The number of hydrogen-bond donors (Lipinski definition) is 0. The summed E-state index contributed by atoms with van der Waals surface area (Å²) in [7, 11) is 0. The third kappa shape index (κ3) is 5.35. The predicted molar refractivity (Wildman–Crippen MR) is 92.5 cm³/mol. The normalized spacial score (nSPS) is 13.7. The molecule has 0 saturated carbocycles. The van der Waals surface area contributed by atoms with Crippen molar-refractivity contribution in [1.29, 1.82) is 10.5 Å². The van der Waals surface area contributed by atoms with E-state index in [4.69, 9.17) is 20.0 Å².